The second-order valence-electron chi connectivity index (χ2n) is 6.85. The van der Waals surface area contributed by atoms with E-state index in [0.717, 1.165) is 0 Å². The highest BCUT2D eigenvalue weighted by atomic mass is 16.5. The van der Waals surface area contributed by atoms with Gasteiger partial charge in [0.25, 0.3) is 0 Å². The normalized spacial score (nSPS) is 10.6. The zero-order valence-electron chi connectivity index (χ0n) is 17.6. The Balaban J connectivity index is 1.63. The van der Waals surface area contributed by atoms with Crippen LogP contribution in [0.1, 0.15) is 20.7 Å². The molecule has 0 radical (unpaired) electrons. The minimum absolute atomic E-state index is 0.272. The van der Waals surface area contributed by atoms with Crippen LogP contribution >= 0.6 is 0 Å². The summed E-state index contributed by atoms with van der Waals surface area (Å²) in [5.74, 6) is -0.160. The molecular formula is C25H20N2O5. The first-order valence-electron chi connectivity index (χ1n) is 9.84. The number of ketones is 1. The summed E-state index contributed by atoms with van der Waals surface area (Å²) in [5, 5.41) is 0.628. The van der Waals surface area contributed by atoms with E-state index in [1.54, 1.807) is 42.6 Å². The van der Waals surface area contributed by atoms with Crippen LogP contribution < -0.4 is 9.47 Å². The van der Waals surface area contributed by atoms with Crippen molar-refractivity contribution >= 4 is 22.7 Å². The first-order chi connectivity index (χ1) is 15.6. The lowest BCUT2D eigenvalue weighted by Gasteiger charge is -2.11. The van der Waals surface area contributed by atoms with E-state index in [1.165, 1.54) is 14.2 Å². The van der Waals surface area contributed by atoms with Gasteiger partial charge >= 0.3 is 5.97 Å². The Morgan fingerprint density at radius 3 is 2.41 bits per heavy atom. The minimum Gasteiger partial charge on any atom is -0.497 e. The molecule has 0 saturated heterocycles. The monoisotopic (exact) mass is 428 g/mol. The number of ether oxygens (including phenoxy) is 3. The summed E-state index contributed by atoms with van der Waals surface area (Å²) >= 11 is 0. The number of pyridine rings is 2. The second kappa shape index (κ2) is 9.26. The Labute approximate surface area is 184 Å². The van der Waals surface area contributed by atoms with Crippen LogP contribution in [0.4, 0.5) is 0 Å². The Kier molecular flexibility index (Phi) is 6.07. The summed E-state index contributed by atoms with van der Waals surface area (Å²) < 4.78 is 15.8. The lowest BCUT2D eigenvalue weighted by atomic mass is 10.1. The third kappa shape index (κ3) is 4.27. The first-order valence-corrected chi connectivity index (χ1v) is 9.84. The van der Waals surface area contributed by atoms with Gasteiger partial charge in [-0.15, -0.1) is 0 Å². The summed E-state index contributed by atoms with van der Waals surface area (Å²) in [4.78, 5) is 34.6. The fraction of sp³-hybridized carbons (Fsp3) is 0.120. The van der Waals surface area contributed by atoms with Crippen molar-refractivity contribution in [3.63, 3.8) is 0 Å². The average molecular weight is 428 g/mol. The van der Waals surface area contributed by atoms with Crippen molar-refractivity contribution in [1.82, 2.24) is 9.97 Å². The van der Waals surface area contributed by atoms with Crippen molar-refractivity contribution in [2.45, 2.75) is 0 Å². The standard InChI is InChI=1S/C25H20N2O5/c1-30-16-10-11-24(31-2)19(13-16)23(28)15-32-25(29)18-14-22(21-9-5-6-12-26-21)27-20-8-4-3-7-17(18)20/h3-14H,15H2,1-2H3. The molecule has 0 amide bonds. The number of para-hydroxylation sites is 1. The van der Waals surface area contributed by atoms with Gasteiger partial charge in [-0.3, -0.25) is 9.78 Å². The first kappa shape index (κ1) is 21.0. The van der Waals surface area contributed by atoms with Crippen LogP contribution in [0.25, 0.3) is 22.3 Å². The highest BCUT2D eigenvalue weighted by Crippen LogP contribution is 2.26. The summed E-state index contributed by atoms with van der Waals surface area (Å²) in [6.45, 7) is -0.446. The number of hydrogen-bond donors (Lipinski definition) is 0. The van der Waals surface area contributed by atoms with Crippen molar-refractivity contribution in [3.8, 4) is 22.9 Å². The number of Topliss-reactive ketones (excluding diaryl/α,β-unsaturated/α-hetero) is 1. The topological polar surface area (TPSA) is 87.6 Å². The number of carbonyl (C=O) groups excluding carboxylic acids is 2. The zero-order valence-corrected chi connectivity index (χ0v) is 17.6. The van der Waals surface area contributed by atoms with E-state index in [9.17, 15) is 9.59 Å². The molecule has 2 heterocycles. The number of benzene rings is 2. The average Bonchev–Trinajstić information content (AvgIpc) is 2.86. The van der Waals surface area contributed by atoms with Gasteiger partial charge in [0, 0.05) is 11.6 Å². The third-order valence-corrected chi connectivity index (χ3v) is 4.90. The lowest BCUT2D eigenvalue weighted by molar-refractivity contribution is 0.0476. The van der Waals surface area contributed by atoms with Crippen LogP contribution in [0.15, 0.2) is 72.9 Å². The van der Waals surface area contributed by atoms with E-state index in [0.29, 0.717) is 39.4 Å². The molecule has 0 aliphatic rings. The maximum atomic E-state index is 13.0. The van der Waals surface area contributed by atoms with Gasteiger partial charge in [0.05, 0.1) is 42.3 Å². The minimum atomic E-state index is -0.629. The maximum absolute atomic E-state index is 13.0. The molecule has 4 rings (SSSR count). The van der Waals surface area contributed by atoms with Gasteiger partial charge in [-0.1, -0.05) is 24.3 Å². The Hall–Kier alpha value is -4.26. The number of aromatic nitrogens is 2. The predicted molar refractivity (Wildman–Crippen MR) is 119 cm³/mol. The molecule has 0 spiro atoms. The molecule has 4 aromatic rings. The number of esters is 1. The summed E-state index contributed by atoms with van der Waals surface area (Å²) in [5.41, 5.74) is 2.38. The fourth-order valence-electron chi connectivity index (χ4n) is 3.31. The highest BCUT2D eigenvalue weighted by molar-refractivity contribution is 6.06. The van der Waals surface area contributed by atoms with E-state index in [4.69, 9.17) is 14.2 Å². The highest BCUT2D eigenvalue weighted by Gasteiger charge is 2.19. The maximum Gasteiger partial charge on any atom is 0.339 e. The van der Waals surface area contributed by atoms with Crippen LogP contribution in [0.2, 0.25) is 0 Å². The van der Waals surface area contributed by atoms with Gasteiger partial charge in [-0.2, -0.15) is 0 Å². The van der Waals surface area contributed by atoms with Gasteiger partial charge in [-0.25, -0.2) is 9.78 Å². The second-order valence-corrected chi connectivity index (χ2v) is 6.85. The van der Waals surface area contributed by atoms with Gasteiger partial charge in [0.1, 0.15) is 11.5 Å². The lowest BCUT2D eigenvalue weighted by Crippen LogP contribution is -2.15. The Morgan fingerprint density at radius 2 is 1.66 bits per heavy atom. The molecule has 0 N–H and O–H groups in total. The van der Waals surface area contributed by atoms with Crippen LogP contribution in [0, 0.1) is 0 Å². The summed E-state index contributed by atoms with van der Waals surface area (Å²) in [6.07, 6.45) is 1.66. The molecule has 160 valence electrons. The molecule has 0 saturated carbocycles. The Morgan fingerprint density at radius 1 is 0.844 bits per heavy atom. The van der Waals surface area contributed by atoms with Crippen molar-refractivity contribution in [3.05, 3.63) is 84.1 Å². The molecule has 2 aromatic carbocycles. The SMILES string of the molecule is COc1ccc(OC)c(C(=O)COC(=O)c2cc(-c3ccccn3)nc3ccccc23)c1. The van der Waals surface area contributed by atoms with Gasteiger partial charge in [0.2, 0.25) is 5.78 Å². The van der Waals surface area contributed by atoms with E-state index >= 15 is 0 Å². The van der Waals surface area contributed by atoms with Crippen molar-refractivity contribution in [2.24, 2.45) is 0 Å². The van der Waals surface area contributed by atoms with Gasteiger partial charge < -0.3 is 14.2 Å². The molecule has 0 bridgehead atoms. The Bertz CT molecular complexity index is 1290. The largest absolute Gasteiger partial charge is 0.497 e. The van der Waals surface area contributed by atoms with E-state index in [-0.39, 0.29) is 5.56 Å². The van der Waals surface area contributed by atoms with E-state index in [1.807, 2.05) is 30.3 Å². The summed E-state index contributed by atoms with van der Waals surface area (Å²) in [6, 6.07) is 19.2. The fourth-order valence-corrected chi connectivity index (χ4v) is 3.31. The molecule has 0 unspecified atom stereocenters. The van der Waals surface area contributed by atoms with Crippen molar-refractivity contribution < 1.29 is 23.8 Å². The quantitative estimate of drug-likeness (QED) is 0.319. The molecule has 2 aromatic heterocycles. The number of hydrogen-bond acceptors (Lipinski definition) is 7. The van der Waals surface area contributed by atoms with Crippen molar-refractivity contribution in [1.29, 1.82) is 0 Å². The third-order valence-electron chi connectivity index (χ3n) is 4.90. The molecule has 0 atom stereocenters. The molecule has 0 aliphatic heterocycles. The molecule has 7 heteroatoms. The van der Waals surface area contributed by atoms with Crippen molar-refractivity contribution in [2.75, 3.05) is 20.8 Å². The van der Waals surface area contributed by atoms with E-state index < -0.39 is 18.4 Å². The molecular weight excluding hydrogens is 408 g/mol. The smallest absolute Gasteiger partial charge is 0.339 e. The predicted octanol–water partition coefficient (Wildman–Crippen LogP) is 4.35. The molecule has 32 heavy (non-hydrogen) atoms. The van der Waals surface area contributed by atoms with Crippen LogP contribution in [-0.2, 0) is 4.74 Å². The number of nitrogens with zero attached hydrogens (tertiary/aromatic N) is 2. The number of rotatable bonds is 7. The van der Waals surface area contributed by atoms with Crippen LogP contribution in [0.3, 0.4) is 0 Å². The van der Waals surface area contributed by atoms with Gasteiger partial charge in [0.15, 0.2) is 6.61 Å². The van der Waals surface area contributed by atoms with Crippen LogP contribution in [0.5, 0.6) is 11.5 Å². The van der Waals surface area contributed by atoms with E-state index in [2.05, 4.69) is 9.97 Å². The molecule has 0 fully saturated rings. The number of methoxy groups -OCH3 is 2. The zero-order chi connectivity index (χ0) is 22.5. The van der Waals surface area contributed by atoms with Crippen LogP contribution in [-0.4, -0.2) is 42.5 Å². The number of fused-ring (bicyclic) bond motifs is 1. The number of carbonyl (C=O) groups is 2. The van der Waals surface area contributed by atoms with Gasteiger partial charge in [-0.05, 0) is 42.5 Å². The molecule has 7 nitrogen and oxygen atoms in total. The molecule has 0 aliphatic carbocycles. The summed E-state index contributed by atoms with van der Waals surface area (Å²) in [7, 11) is 2.97.